The molecule has 0 aromatic heterocycles. The van der Waals surface area contributed by atoms with Gasteiger partial charge in [-0.05, 0) is 5.56 Å². The van der Waals surface area contributed by atoms with Crippen molar-refractivity contribution in [3.05, 3.63) is 35.9 Å². The van der Waals surface area contributed by atoms with E-state index in [-0.39, 0.29) is 0 Å². The first-order valence-corrected chi connectivity index (χ1v) is 5.20. The summed E-state index contributed by atoms with van der Waals surface area (Å²) in [5.74, 6) is 0. The SMILES string of the molecule is O=[SH](=O)C(Br)c1ccccc1. The third-order valence-corrected chi connectivity index (χ3v) is 3.46. The Balaban J connectivity index is 2.94. The van der Waals surface area contributed by atoms with Gasteiger partial charge in [0.2, 0.25) is 0 Å². The molecular weight excluding hydrogens is 228 g/mol. The first-order valence-electron chi connectivity index (χ1n) is 3.04. The molecule has 0 bridgehead atoms. The molecule has 1 aromatic carbocycles. The fourth-order valence-corrected chi connectivity index (χ4v) is 1.45. The van der Waals surface area contributed by atoms with Crippen molar-refractivity contribution in [2.45, 2.75) is 4.16 Å². The van der Waals surface area contributed by atoms with Gasteiger partial charge in [0.25, 0.3) is 0 Å². The second-order valence-corrected chi connectivity index (χ2v) is 4.74. The second kappa shape index (κ2) is 3.88. The van der Waals surface area contributed by atoms with Crippen molar-refractivity contribution in [2.75, 3.05) is 0 Å². The van der Waals surface area contributed by atoms with Crippen molar-refractivity contribution in [1.82, 2.24) is 0 Å². The summed E-state index contributed by atoms with van der Waals surface area (Å²) in [7, 11) is -2.42. The van der Waals surface area contributed by atoms with E-state index in [0.717, 1.165) is 5.56 Å². The predicted molar refractivity (Wildman–Crippen MR) is 48.4 cm³/mol. The minimum absolute atomic E-state index is 0.557. The lowest BCUT2D eigenvalue weighted by molar-refractivity contribution is 0.613. The Kier molecular flexibility index (Phi) is 3.08. The normalized spacial score (nSPS) is 13.3. The fraction of sp³-hybridized carbons (Fsp3) is 0.143. The maximum absolute atomic E-state index is 10.5. The Morgan fingerprint density at radius 2 is 1.73 bits per heavy atom. The molecule has 0 heterocycles. The van der Waals surface area contributed by atoms with E-state index in [9.17, 15) is 8.42 Å². The topological polar surface area (TPSA) is 34.1 Å². The largest absolute Gasteiger partial charge is 0.230 e. The van der Waals surface area contributed by atoms with E-state index in [1.165, 1.54) is 0 Å². The summed E-state index contributed by atoms with van der Waals surface area (Å²) in [6.45, 7) is 0. The molecule has 0 spiro atoms. The molecule has 1 aromatic rings. The average Bonchev–Trinajstić information content (AvgIpc) is 2.05. The van der Waals surface area contributed by atoms with Crippen molar-refractivity contribution in [1.29, 1.82) is 0 Å². The Labute approximate surface area is 75.3 Å². The van der Waals surface area contributed by atoms with E-state index < -0.39 is 14.9 Å². The zero-order valence-electron chi connectivity index (χ0n) is 5.61. The summed E-state index contributed by atoms with van der Waals surface area (Å²) in [6, 6.07) is 9.00. The zero-order chi connectivity index (χ0) is 8.27. The first kappa shape index (κ1) is 8.74. The Hall–Kier alpha value is -0.350. The molecule has 0 aliphatic heterocycles. The summed E-state index contributed by atoms with van der Waals surface area (Å²) in [6.07, 6.45) is 0. The molecule has 60 valence electrons. The number of hydrogen-bond donors (Lipinski definition) is 1. The van der Waals surface area contributed by atoms with Crippen LogP contribution in [0.3, 0.4) is 0 Å². The van der Waals surface area contributed by atoms with Gasteiger partial charge in [-0.15, -0.1) is 0 Å². The Bertz CT molecular complexity index is 287. The molecule has 1 atom stereocenters. The van der Waals surface area contributed by atoms with Crippen molar-refractivity contribution in [2.24, 2.45) is 0 Å². The van der Waals surface area contributed by atoms with Crippen LogP contribution in [0.1, 0.15) is 9.72 Å². The minimum Gasteiger partial charge on any atom is -0.230 e. The standard InChI is InChI=1S/C7H7BrO2S/c8-7(11(9)10)6-4-2-1-3-5-6/h1-5,7,11H. The summed E-state index contributed by atoms with van der Waals surface area (Å²) in [5.41, 5.74) is 0.767. The van der Waals surface area contributed by atoms with Crippen LogP contribution in [0.2, 0.25) is 0 Å². The van der Waals surface area contributed by atoms with E-state index >= 15 is 0 Å². The molecular formula is C7H7BrO2S. The van der Waals surface area contributed by atoms with Gasteiger partial charge in [-0.2, -0.15) is 0 Å². The summed E-state index contributed by atoms with van der Waals surface area (Å²) in [5, 5.41) is 0. The van der Waals surface area contributed by atoms with Gasteiger partial charge in [0.05, 0.1) is 0 Å². The highest BCUT2D eigenvalue weighted by Crippen LogP contribution is 2.22. The number of hydrogen-bond acceptors (Lipinski definition) is 2. The van der Waals surface area contributed by atoms with E-state index in [0.29, 0.717) is 0 Å². The van der Waals surface area contributed by atoms with Crippen LogP contribution in [0.15, 0.2) is 30.3 Å². The van der Waals surface area contributed by atoms with Crippen LogP contribution >= 0.6 is 15.9 Å². The molecule has 0 saturated carbocycles. The van der Waals surface area contributed by atoms with Crippen molar-refractivity contribution in [3.8, 4) is 0 Å². The van der Waals surface area contributed by atoms with Gasteiger partial charge in [0.1, 0.15) is 4.16 Å². The van der Waals surface area contributed by atoms with Crippen LogP contribution in [0.4, 0.5) is 0 Å². The maximum atomic E-state index is 10.5. The smallest absolute Gasteiger partial charge is 0.157 e. The monoisotopic (exact) mass is 234 g/mol. The van der Waals surface area contributed by atoms with Crippen LogP contribution in [0.5, 0.6) is 0 Å². The predicted octanol–water partition coefficient (Wildman–Crippen LogP) is 1.69. The van der Waals surface area contributed by atoms with Crippen LogP contribution < -0.4 is 0 Å². The molecule has 1 rings (SSSR count). The molecule has 1 unspecified atom stereocenters. The molecule has 0 radical (unpaired) electrons. The number of thiol groups is 1. The van der Waals surface area contributed by atoms with E-state index in [2.05, 4.69) is 15.9 Å². The summed E-state index contributed by atoms with van der Waals surface area (Å²) >= 11 is 3.05. The second-order valence-electron chi connectivity index (χ2n) is 2.03. The van der Waals surface area contributed by atoms with Crippen molar-refractivity contribution >= 4 is 26.6 Å². The van der Waals surface area contributed by atoms with Gasteiger partial charge < -0.3 is 0 Å². The van der Waals surface area contributed by atoms with Gasteiger partial charge in [-0.3, -0.25) is 0 Å². The highest BCUT2D eigenvalue weighted by molar-refractivity contribution is 9.10. The van der Waals surface area contributed by atoms with Crippen molar-refractivity contribution in [3.63, 3.8) is 0 Å². The number of alkyl halides is 1. The lowest BCUT2D eigenvalue weighted by Crippen LogP contribution is -1.89. The lowest BCUT2D eigenvalue weighted by Gasteiger charge is -1.99. The lowest BCUT2D eigenvalue weighted by atomic mass is 10.2. The fourth-order valence-electron chi connectivity index (χ4n) is 0.734. The Morgan fingerprint density at radius 3 is 2.18 bits per heavy atom. The molecule has 4 heteroatoms. The number of benzene rings is 1. The van der Waals surface area contributed by atoms with Crippen LogP contribution in [-0.2, 0) is 10.7 Å². The molecule has 0 fully saturated rings. The first-order chi connectivity index (χ1) is 5.22. The van der Waals surface area contributed by atoms with Gasteiger partial charge in [0, 0.05) is 0 Å². The molecule has 0 N–H and O–H groups in total. The third-order valence-electron chi connectivity index (χ3n) is 1.26. The molecule has 0 saturated heterocycles. The van der Waals surface area contributed by atoms with Gasteiger partial charge in [-0.1, -0.05) is 46.3 Å². The van der Waals surface area contributed by atoms with E-state index in [4.69, 9.17) is 0 Å². The molecule has 0 amide bonds. The number of halogens is 1. The van der Waals surface area contributed by atoms with Gasteiger partial charge in [0.15, 0.2) is 10.7 Å². The average molecular weight is 235 g/mol. The van der Waals surface area contributed by atoms with Crippen LogP contribution in [0, 0.1) is 0 Å². The van der Waals surface area contributed by atoms with E-state index in [1.54, 1.807) is 12.1 Å². The van der Waals surface area contributed by atoms with E-state index in [1.807, 2.05) is 18.2 Å². The Morgan fingerprint density at radius 1 is 1.18 bits per heavy atom. The third kappa shape index (κ3) is 2.31. The molecule has 0 aliphatic rings. The molecule has 0 aliphatic carbocycles. The number of rotatable bonds is 2. The summed E-state index contributed by atoms with van der Waals surface area (Å²) in [4.78, 5) is 0. The highest BCUT2D eigenvalue weighted by Gasteiger charge is 2.07. The van der Waals surface area contributed by atoms with Crippen LogP contribution in [0.25, 0.3) is 0 Å². The minimum atomic E-state index is -2.42. The molecule has 11 heavy (non-hydrogen) atoms. The molecule has 2 nitrogen and oxygen atoms in total. The zero-order valence-corrected chi connectivity index (χ0v) is 8.09. The van der Waals surface area contributed by atoms with Crippen molar-refractivity contribution < 1.29 is 8.42 Å². The highest BCUT2D eigenvalue weighted by atomic mass is 79.9. The maximum Gasteiger partial charge on any atom is 0.157 e. The quantitative estimate of drug-likeness (QED) is 0.625. The van der Waals surface area contributed by atoms with Crippen LogP contribution in [-0.4, -0.2) is 8.42 Å². The summed E-state index contributed by atoms with van der Waals surface area (Å²) < 4.78 is 20.4. The van der Waals surface area contributed by atoms with Gasteiger partial charge in [-0.25, -0.2) is 8.42 Å². The van der Waals surface area contributed by atoms with Gasteiger partial charge >= 0.3 is 0 Å².